The molecule has 14 heteroatoms. The van der Waals surface area contributed by atoms with Gasteiger partial charge in [-0.15, -0.1) is 23.1 Å². The number of nitrogens with two attached hydrogens (primary N) is 1. The molecule has 3 aromatic heterocycles. The lowest BCUT2D eigenvalue weighted by Crippen LogP contribution is -2.71. The molecule has 0 saturated carbocycles. The van der Waals surface area contributed by atoms with Crippen LogP contribution in [0.4, 0.5) is 5.13 Å². The van der Waals surface area contributed by atoms with E-state index in [1.165, 1.54) is 23.8 Å². The lowest BCUT2D eigenvalue weighted by Gasteiger charge is -2.50. The average Bonchev–Trinajstić information content (AvgIpc) is 3.51. The van der Waals surface area contributed by atoms with Crippen LogP contribution in [0.5, 0.6) is 0 Å². The van der Waals surface area contributed by atoms with E-state index in [2.05, 4.69) is 15.5 Å². The first kappa shape index (κ1) is 23.8. The Morgan fingerprint density at radius 2 is 2.22 bits per heavy atom. The lowest BCUT2D eigenvalue weighted by molar-refractivity contribution is -0.694. The minimum Gasteiger partial charge on any atom is -0.543 e. The molecule has 0 aliphatic carbocycles. The number of nitrogens with zero attached hydrogens (tertiary/aromatic N) is 5. The number of thiazole rings is 1. The van der Waals surface area contributed by atoms with Crippen molar-refractivity contribution in [3.63, 3.8) is 0 Å². The number of fused-ring (bicyclic) bond motifs is 2. The molecule has 36 heavy (non-hydrogen) atoms. The molecule has 0 spiro atoms. The number of rotatable bonds is 7. The highest BCUT2D eigenvalue weighted by Crippen LogP contribution is 2.40. The first-order chi connectivity index (χ1) is 17.3. The molecule has 12 nitrogen and oxygen atoms in total. The Kier molecular flexibility index (Phi) is 6.14. The summed E-state index contributed by atoms with van der Waals surface area (Å²) in [4.78, 5) is 48.0. The molecule has 1 saturated heterocycles. The van der Waals surface area contributed by atoms with Crippen molar-refractivity contribution in [2.75, 3.05) is 18.6 Å². The molecule has 3 N–H and O–H groups in total. The maximum atomic E-state index is 13.0. The van der Waals surface area contributed by atoms with Gasteiger partial charge >= 0.3 is 0 Å². The number of carbonyl (C=O) groups excluding carboxylic acids is 3. The van der Waals surface area contributed by atoms with E-state index >= 15 is 0 Å². The molecule has 2 amide bonds. The lowest BCUT2D eigenvalue weighted by atomic mass is 10.0. The summed E-state index contributed by atoms with van der Waals surface area (Å²) in [6, 6.07) is 2.96. The Morgan fingerprint density at radius 1 is 1.42 bits per heavy atom. The number of carbonyl (C=O) groups is 3. The number of thioether (sulfide) groups is 1. The summed E-state index contributed by atoms with van der Waals surface area (Å²) in [7, 11) is 1.28. The highest BCUT2D eigenvalue weighted by atomic mass is 32.2. The third-order valence-electron chi connectivity index (χ3n) is 6.04. The van der Waals surface area contributed by atoms with Crippen LogP contribution in [0.1, 0.15) is 11.4 Å². The van der Waals surface area contributed by atoms with Crippen LogP contribution < -0.4 is 20.7 Å². The molecule has 5 heterocycles. The zero-order valence-electron chi connectivity index (χ0n) is 19.2. The van der Waals surface area contributed by atoms with Gasteiger partial charge in [0.05, 0.1) is 17.9 Å². The number of carboxylic acids is 1. The maximum Gasteiger partial charge on any atom is 0.276 e. The normalized spacial score (nSPS) is 19.8. The summed E-state index contributed by atoms with van der Waals surface area (Å²) in [6.07, 6.45) is 5.68. The minimum absolute atomic E-state index is 0.137. The fraction of sp³-hybridized carbons (Fsp3) is 0.273. The Hall–Kier alpha value is -3.91. The molecule has 3 aromatic rings. The number of aryl methyl sites for hydroxylation is 1. The first-order valence-electron chi connectivity index (χ1n) is 10.8. The standard InChI is InChI=1S/C22H21N7O5S2/c1-11-14-4-3-5-27(14)6-7-28(11)8-12-9-35-20-16(19(31)29(20)17(12)21(32)33)25-18(30)15(26-34-2)13-10-36-22(23)24-13/h3-7,10,16,20H,8-9H2,1-2H3,(H3-,23,24,25,30,32,33)/b26-15-/t16-,20-/m1/s1. The number of hydrogen-bond donors (Lipinski definition) is 2. The summed E-state index contributed by atoms with van der Waals surface area (Å²) < 4.78 is 3.91. The van der Waals surface area contributed by atoms with Crippen LogP contribution in [-0.4, -0.2) is 62.1 Å². The molecule has 2 aliphatic heterocycles. The van der Waals surface area contributed by atoms with Crippen molar-refractivity contribution in [2.24, 2.45) is 5.16 Å². The zero-order chi connectivity index (χ0) is 25.6. The third-order valence-corrected chi connectivity index (χ3v) is 8.05. The van der Waals surface area contributed by atoms with Crippen molar-refractivity contribution in [1.29, 1.82) is 0 Å². The van der Waals surface area contributed by atoms with E-state index in [0.717, 1.165) is 22.5 Å². The summed E-state index contributed by atoms with van der Waals surface area (Å²) in [5, 5.41) is 19.7. The Bertz CT molecular complexity index is 1460. The van der Waals surface area contributed by atoms with E-state index in [0.29, 0.717) is 11.3 Å². The van der Waals surface area contributed by atoms with Gasteiger partial charge in [0.15, 0.2) is 23.6 Å². The molecule has 1 fully saturated rings. The number of nitrogens with one attached hydrogen (secondary N) is 1. The fourth-order valence-corrected chi connectivity index (χ4v) is 6.20. The molecule has 0 radical (unpaired) electrons. The van der Waals surface area contributed by atoms with Crippen molar-refractivity contribution in [3.8, 4) is 0 Å². The van der Waals surface area contributed by atoms with E-state index < -0.39 is 29.2 Å². The van der Waals surface area contributed by atoms with E-state index in [1.807, 2.05) is 46.6 Å². The van der Waals surface area contributed by atoms with E-state index in [4.69, 9.17) is 10.6 Å². The monoisotopic (exact) mass is 527 g/mol. The minimum atomic E-state index is -1.44. The molecule has 2 aliphatic rings. The van der Waals surface area contributed by atoms with Gasteiger partial charge in [0.1, 0.15) is 29.7 Å². The van der Waals surface area contributed by atoms with Gasteiger partial charge in [-0.25, -0.2) is 4.98 Å². The smallest absolute Gasteiger partial charge is 0.276 e. The summed E-state index contributed by atoms with van der Waals surface area (Å²) in [5.74, 6) is -2.31. The molecule has 0 bridgehead atoms. The predicted octanol–water partition coefficient (Wildman–Crippen LogP) is -0.971. The van der Waals surface area contributed by atoms with Gasteiger partial charge in [-0.2, -0.15) is 4.57 Å². The van der Waals surface area contributed by atoms with Gasteiger partial charge in [-0.1, -0.05) is 5.16 Å². The van der Waals surface area contributed by atoms with Crippen molar-refractivity contribution < 1.29 is 28.9 Å². The average molecular weight is 528 g/mol. The maximum absolute atomic E-state index is 13.0. The van der Waals surface area contributed by atoms with Crippen molar-refractivity contribution >= 4 is 57.2 Å². The fourth-order valence-electron chi connectivity index (χ4n) is 4.31. The van der Waals surface area contributed by atoms with Gasteiger partial charge in [-0.05, 0) is 12.1 Å². The van der Waals surface area contributed by atoms with Crippen molar-refractivity contribution in [3.05, 3.63) is 58.8 Å². The van der Waals surface area contributed by atoms with Gasteiger partial charge in [0, 0.05) is 29.8 Å². The molecular formula is C22H21N7O5S2. The second-order valence-corrected chi connectivity index (χ2v) is 10.1. The van der Waals surface area contributed by atoms with Crippen LogP contribution in [0.25, 0.3) is 5.52 Å². The predicted molar refractivity (Wildman–Crippen MR) is 129 cm³/mol. The number of nitrogen functional groups attached to an aromatic ring is 1. The Labute approximate surface area is 213 Å². The third kappa shape index (κ3) is 3.97. The zero-order valence-corrected chi connectivity index (χ0v) is 20.8. The summed E-state index contributed by atoms with van der Waals surface area (Å²) in [5.41, 5.74) is 8.06. The molecule has 0 unspecified atom stereocenters. The second-order valence-electron chi connectivity index (χ2n) is 8.11. The van der Waals surface area contributed by atoms with E-state index in [-0.39, 0.29) is 28.8 Å². The molecular weight excluding hydrogens is 506 g/mol. The van der Waals surface area contributed by atoms with Crippen LogP contribution in [0.2, 0.25) is 0 Å². The number of anilines is 1. The van der Waals surface area contributed by atoms with E-state index in [9.17, 15) is 19.5 Å². The Morgan fingerprint density at radius 3 is 2.92 bits per heavy atom. The quantitative estimate of drug-likeness (QED) is 0.172. The van der Waals surface area contributed by atoms with Crippen molar-refractivity contribution in [1.82, 2.24) is 19.6 Å². The van der Waals surface area contributed by atoms with Crippen LogP contribution in [0.3, 0.4) is 0 Å². The van der Waals surface area contributed by atoms with Crippen LogP contribution >= 0.6 is 23.1 Å². The Balaban J connectivity index is 1.38. The van der Waals surface area contributed by atoms with Crippen molar-refractivity contribution in [2.45, 2.75) is 24.9 Å². The first-order valence-corrected chi connectivity index (χ1v) is 12.7. The molecule has 5 rings (SSSR count). The van der Waals surface area contributed by atoms with Crippen LogP contribution in [0.15, 0.2) is 52.5 Å². The molecule has 2 atom stereocenters. The van der Waals surface area contributed by atoms with Crippen LogP contribution in [-0.2, 0) is 25.8 Å². The molecule has 186 valence electrons. The van der Waals surface area contributed by atoms with Gasteiger partial charge in [-0.3, -0.25) is 14.5 Å². The van der Waals surface area contributed by atoms with Crippen LogP contribution in [0, 0.1) is 6.92 Å². The topological polar surface area (TPSA) is 158 Å². The SMILES string of the molecule is CO/N=C(\C(=O)N[C@@H]1C(=O)N2C(C(=O)[O-])=C(C[n+]3ccn4cccc4c3C)CS[C@H]12)c1csc(N)n1. The highest BCUT2D eigenvalue weighted by Gasteiger charge is 2.53. The molecule has 0 aromatic carbocycles. The number of aromatic nitrogens is 3. The number of β-lactam (4-membered cyclic amide) rings is 1. The number of amides is 2. The van der Waals surface area contributed by atoms with E-state index in [1.54, 1.807) is 5.38 Å². The second kappa shape index (κ2) is 9.28. The van der Waals surface area contributed by atoms with Gasteiger partial charge in [0.25, 0.3) is 11.8 Å². The number of carboxylic acid groups (broad SMARTS) is 1. The number of hydrogen-bond acceptors (Lipinski definition) is 10. The van der Waals surface area contributed by atoms with Gasteiger partial charge < -0.3 is 30.2 Å². The van der Waals surface area contributed by atoms with Gasteiger partial charge in [0.2, 0.25) is 5.69 Å². The number of oxime groups is 1. The number of aliphatic carboxylic acids is 1. The summed E-state index contributed by atoms with van der Waals surface area (Å²) >= 11 is 2.50. The highest BCUT2D eigenvalue weighted by molar-refractivity contribution is 8.00. The largest absolute Gasteiger partial charge is 0.543 e. The summed E-state index contributed by atoms with van der Waals surface area (Å²) in [6.45, 7) is 2.23.